The summed E-state index contributed by atoms with van der Waals surface area (Å²) in [7, 11) is 0. The summed E-state index contributed by atoms with van der Waals surface area (Å²) in [5.41, 5.74) is 1.46. The van der Waals surface area contributed by atoms with Crippen LogP contribution in [0.4, 0.5) is 10.1 Å². The largest absolute Gasteiger partial charge is 0.381 e. The Morgan fingerprint density at radius 1 is 1.32 bits per heavy atom. The number of benzene rings is 1. The van der Waals surface area contributed by atoms with Gasteiger partial charge in [-0.1, -0.05) is 12.1 Å². The van der Waals surface area contributed by atoms with Crippen LogP contribution in [0.1, 0.15) is 24.8 Å². The first-order valence-corrected chi connectivity index (χ1v) is 6.94. The summed E-state index contributed by atoms with van der Waals surface area (Å²) in [6, 6.07) is 5.08. The van der Waals surface area contributed by atoms with Gasteiger partial charge in [-0.25, -0.2) is 4.39 Å². The fourth-order valence-electron chi connectivity index (χ4n) is 2.99. The van der Waals surface area contributed by atoms with Gasteiger partial charge in [-0.3, -0.25) is 4.79 Å². The molecule has 1 amide bonds. The number of halogens is 1. The lowest BCUT2D eigenvalue weighted by Gasteiger charge is -2.33. The number of nitrogens with zero attached hydrogens (tertiary/aromatic N) is 1. The summed E-state index contributed by atoms with van der Waals surface area (Å²) in [5.74, 6) is -0.230. The molecule has 0 bridgehead atoms. The van der Waals surface area contributed by atoms with Crippen LogP contribution in [0.5, 0.6) is 0 Å². The molecule has 0 aromatic heterocycles. The maximum Gasteiger partial charge on any atom is 0.230 e. The third-order valence-corrected chi connectivity index (χ3v) is 4.00. The minimum absolute atomic E-state index is 0.0145. The topological polar surface area (TPSA) is 29.5 Å². The van der Waals surface area contributed by atoms with Gasteiger partial charge in [0.25, 0.3) is 0 Å². The highest BCUT2D eigenvalue weighted by Gasteiger charge is 2.31. The first kappa shape index (κ1) is 12.6. The molecule has 19 heavy (non-hydrogen) atoms. The van der Waals surface area contributed by atoms with E-state index in [9.17, 15) is 9.18 Å². The zero-order valence-electron chi connectivity index (χ0n) is 10.9. The van der Waals surface area contributed by atoms with Crippen LogP contribution in [0, 0.1) is 11.7 Å². The quantitative estimate of drug-likeness (QED) is 0.779. The fraction of sp³-hybridized carbons (Fsp3) is 0.533. The van der Waals surface area contributed by atoms with Gasteiger partial charge in [0.1, 0.15) is 5.82 Å². The van der Waals surface area contributed by atoms with E-state index in [-0.39, 0.29) is 17.6 Å². The Morgan fingerprint density at radius 2 is 2.11 bits per heavy atom. The molecule has 0 spiro atoms. The molecule has 0 saturated carbocycles. The van der Waals surface area contributed by atoms with Crippen molar-refractivity contribution in [1.82, 2.24) is 0 Å². The van der Waals surface area contributed by atoms with Crippen LogP contribution in [0.3, 0.4) is 0 Å². The van der Waals surface area contributed by atoms with Crippen LogP contribution >= 0.6 is 0 Å². The molecule has 0 atom stereocenters. The summed E-state index contributed by atoms with van der Waals surface area (Å²) in [5, 5.41) is 0. The molecule has 1 fully saturated rings. The van der Waals surface area contributed by atoms with E-state index in [2.05, 4.69) is 0 Å². The van der Waals surface area contributed by atoms with Gasteiger partial charge in [0.05, 0.1) is 5.69 Å². The van der Waals surface area contributed by atoms with Crippen molar-refractivity contribution >= 4 is 11.6 Å². The summed E-state index contributed by atoms with van der Waals surface area (Å²) in [6.45, 7) is 1.90. The number of anilines is 1. The second-order valence-corrected chi connectivity index (χ2v) is 5.23. The summed E-state index contributed by atoms with van der Waals surface area (Å²) < 4.78 is 19.3. The molecule has 2 heterocycles. The van der Waals surface area contributed by atoms with Crippen molar-refractivity contribution in [1.29, 1.82) is 0 Å². The molecule has 3 nitrogen and oxygen atoms in total. The number of aryl methyl sites for hydroxylation is 1. The molecule has 1 saturated heterocycles. The Kier molecular flexibility index (Phi) is 3.51. The van der Waals surface area contributed by atoms with Gasteiger partial charge in [0.15, 0.2) is 0 Å². The van der Waals surface area contributed by atoms with Crippen LogP contribution in [-0.2, 0) is 16.0 Å². The average molecular weight is 263 g/mol. The molecule has 1 aromatic carbocycles. The van der Waals surface area contributed by atoms with E-state index >= 15 is 0 Å². The van der Waals surface area contributed by atoms with Gasteiger partial charge >= 0.3 is 0 Å². The Balaban J connectivity index is 1.88. The fourth-order valence-corrected chi connectivity index (χ4v) is 2.99. The Labute approximate surface area is 112 Å². The molecule has 2 aliphatic rings. The second-order valence-electron chi connectivity index (χ2n) is 5.23. The highest BCUT2D eigenvalue weighted by atomic mass is 19.1. The van der Waals surface area contributed by atoms with E-state index in [1.54, 1.807) is 11.0 Å². The Hall–Kier alpha value is -1.42. The maximum absolute atomic E-state index is 14.0. The van der Waals surface area contributed by atoms with E-state index in [4.69, 9.17) is 4.74 Å². The summed E-state index contributed by atoms with van der Waals surface area (Å²) in [6.07, 6.45) is 3.26. The molecule has 0 unspecified atom stereocenters. The average Bonchev–Trinajstić information content (AvgIpc) is 2.47. The van der Waals surface area contributed by atoms with Gasteiger partial charge < -0.3 is 9.64 Å². The minimum Gasteiger partial charge on any atom is -0.381 e. The molecule has 3 rings (SSSR count). The van der Waals surface area contributed by atoms with Gasteiger partial charge in [-0.05, 0) is 37.3 Å². The number of rotatable bonds is 1. The van der Waals surface area contributed by atoms with E-state index in [0.29, 0.717) is 25.4 Å². The van der Waals surface area contributed by atoms with Crippen molar-refractivity contribution in [3.8, 4) is 0 Å². The van der Waals surface area contributed by atoms with Crippen molar-refractivity contribution in [2.45, 2.75) is 25.7 Å². The highest BCUT2D eigenvalue weighted by molar-refractivity contribution is 5.96. The van der Waals surface area contributed by atoms with Crippen molar-refractivity contribution in [2.75, 3.05) is 24.7 Å². The summed E-state index contributed by atoms with van der Waals surface area (Å²) >= 11 is 0. The predicted octanol–water partition coefficient (Wildman–Crippen LogP) is 2.53. The lowest BCUT2D eigenvalue weighted by Crippen LogP contribution is -2.42. The monoisotopic (exact) mass is 263 g/mol. The van der Waals surface area contributed by atoms with E-state index in [1.807, 2.05) is 6.07 Å². The lowest BCUT2D eigenvalue weighted by molar-refractivity contribution is -0.125. The first-order chi connectivity index (χ1) is 9.27. The van der Waals surface area contributed by atoms with Crippen LogP contribution in [-0.4, -0.2) is 25.7 Å². The predicted molar refractivity (Wildman–Crippen MR) is 70.6 cm³/mol. The molecule has 4 heteroatoms. The molecular formula is C15H18FNO2. The number of hydrogen-bond donors (Lipinski definition) is 0. The van der Waals surface area contributed by atoms with E-state index < -0.39 is 0 Å². The number of ether oxygens (including phenoxy) is 1. The second kappa shape index (κ2) is 5.29. The molecule has 102 valence electrons. The minimum atomic E-state index is -0.280. The van der Waals surface area contributed by atoms with Crippen molar-refractivity contribution in [3.05, 3.63) is 29.6 Å². The highest BCUT2D eigenvalue weighted by Crippen LogP contribution is 2.32. The van der Waals surface area contributed by atoms with Crippen molar-refractivity contribution in [2.24, 2.45) is 5.92 Å². The Morgan fingerprint density at radius 3 is 2.89 bits per heavy atom. The van der Waals surface area contributed by atoms with E-state index in [1.165, 1.54) is 6.07 Å². The third-order valence-electron chi connectivity index (χ3n) is 4.00. The SMILES string of the molecule is O=C(C1CCOCC1)N1CCCc2cccc(F)c21. The van der Waals surface area contributed by atoms with Crippen molar-refractivity contribution < 1.29 is 13.9 Å². The number of para-hydroxylation sites is 1. The van der Waals surface area contributed by atoms with Gasteiger partial charge in [-0.15, -0.1) is 0 Å². The third kappa shape index (κ3) is 2.37. The lowest BCUT2D eigenvalue weighted by atomic mass is 9.95. The normalized spacial score (nSPS) is 20.2. The smallest absolute Gasteiger partial charge is 0.230 e. The van der Waals surface area contributed by atoms with Crippen molar-refractivity contribution in [3.63, 3.8) is 0 Å². The molecule has 2 aliphatic heterocycles. The van der Waals surface area contributed by atoms with Crippen LogP contribution < -0.4 is 4.90 Å². The van der Waals surface area contributed by atoms with Gasteiger partial charge in [0.2, 0.25) is 5.91 Å². The maximum atomic E-state index is 14.0. The molecule has 1 aromatic rings. The number of hydrogen-bond acceptors (Lipinski definition) is 2. The van der Waals surface area contributed by atoms with Gasteiger partial charge in [-0.2, -0.15) is 0 Å². The molecule has 0 radical (unpaired) electrons. The zero-order chi connectivity index (χ0) is 13.2. The first-order valence-electron chi connectivity index (χ1n) is 6.94. The number of amides is 1. The van der Waals surface area contributed by atoms with Gasteiger partial charge in [0, 0.05) is 25.7 Å². The molecule has 0 N–H and O–H groups in total. The van der Waals surface area contributed by atoms with Crippen LogP contribution in [0.15, 0.2) is 18.2 Å². The number of carbonyl (C=O) groups excluding carboxylic acids is 1. The van der Waals surface area contributed by atoms with Crippen LogP contribution in [0.2, 0.25) is 0 Å². The zero-order valence-corrected chi connectivity index (χ0v) is 10.9. The number of carbonyl (C=O) groups is 1. The molecule has 0 aliphatic carbocycles. The Bertz CT molecular complexity index is 483. The summed E-state index contributed by atoms with van der Waals surface area (Å²) in [4.78, 5) is 14.2. The number of fused-ring (bicyclic) bond motifs is 1. The standard InChI is InChI=1S/C15H18FNO2/c16-13-5-1-3-11-4-2-8-17(14(11)13)15(18)12-6-9-19-10-7-12/h1,3,5,12H,2,4,6-10H2. The van der Waals surface area contributed by atoms with E-state index in [0.717, 1.165) is 31.2 Å². The molecular weight excluding hydrogens is 245 g/mol. The van der Waals surface area contributed by atoms with Crippen LogP contribution in [0.25, 0.3) is 0 Å².